The van der Waals surface area contributed by atoms with E-state index in [9.17, 15) is 13.2 Å². The summed E-state index contributed by atoms with van der Waals surface area (Å²) in [7, 11) is -0.866. The van der Waals surface area contributed by atoms with Gasteiger partial charge in [0.1, 0.15) is 16.4 Å². The SMILES string of the molecule is COc1ccccc1Oc1ccc(NC(=O)c2ccc(OC)c(S(=O)(=O)NC3CCCC3)c2)cc1. The first kappa shape index (κ1) is 24.6. The molecule has 35 heavy (non-hydrogen) atoms. The predicted octanol–water partition coefficient (Wildman–Crippen LogP) is 4.97. The summed E-state index contributed by atoms with van der Waals surface area (Å²) in [6.45, 7) is 0. The third-order valence-corrected chi connectivity index (χ3v) is 7.34. The van der Waals surface area contributed by atoms with Crippen LogP contribution in [0.5, 0.6) is 23.0 Å². The Morgan fingerprint density at radius 1 is 0.857 bits per heavy atom. The van der Waals surface area contributed by atoms with Crippen LogP contribution in [0.3, 0.4) is 0 Å². The maximum atomic E-state index is 13.0. The van der Waals surface area contributed by atoms with Crippen molar-refractivity contribution in [2.24, 2.45) is 0 Å². The van der Waals surface area contributed by atoms with E-state index in [1.807, 2.05) is 12.1 Å². The van der Waals surface area contributed by atoms with Crippen molar-refractivity contribution in [1.82, 2.24) is 4.72 Å². The fourth-order valence-corrected chi connectivity index (χ4v) is 5.49. The molecule has 0 aromatic heterocycles. The van der Waals surface area contributed by atoms with Gasteiger partial charge in [-0.05, 0) is 67.4 Å². The molecule has 1 saturated carbocycles. The van der Waals surface area contributed by atoms with E-state index in [2.05, 4.69) is 10.0 Å². The number of rotatable bonds is 9. The highest BCUT2D eigenvalue weighted by molar-refractivity contribution is 7.89. The van der Waals surface area contributed by atoms with Crippen LogP contribution < -0.4 is 24.2 Å². The van der Waals surface area contributed by atoms with Crippen LogP contribution in [-0.4, -0.2) is 34.6 Å². The van der Waals surface area contributed by atoms with Gasteiger partial charge in [-0.15, -0.1) is 0 Å². The standard InChI is InChI=1S/C26H28N2O6S/c1-32-22-9-5-6-10-23(22)34-21-14-12-19(13-15-21)27-26(29)18-11-16-24(33-2)25(17-18)35(30,31)28-20-7-3-4-8-20/h5-6,9-17,20,28H,3-4,7-8H2,1-2H3,(H,27,29). The molecule has 0 radical (unpaired) electrons. The van der Waals surface area contributed by atoms with Gasteiger partial charge in [-0.25, -0.2) is 13.1 Å². The highest BCUT2D eigenvalue weighted by atomic mass is 32.2. The van der Waals surface area contributed by atoms with Crippen molar-refractivity contribution < 1.29 is 27.4 Å². The van der Waals surface area contributed by atoms with Crippen LogP contribution in [-0.2, 0) is 10.0 Å². The lowest BCUT2D eigenvalue weighted by Crippen LogP contribution is -2.33. The topological polar surface area (TPSA) is 103 Å². The Kier molecular flexibility index (Phi) is 7.57. The van der Waals surface area contributed by atoms with Gasteiger partial charge in [0.2, 0.25) is 10.0 Å². The van der Waals surface area contributed by atoms with E-state index in [4.69, 9.17) is 14.2 Å². The number of para-hydroxylation sites is 2. The molecular formula is C26H28N2O6S. The Bertz CT molecular complexity index is 1290. The van der Waals surface area contributed by atoms with Crippen molar-refractivity contribution in [2.75, 3.05) is 19.5 Å². The number of methoxy groups -OCH3 is 2. The molecule has 1 aliphatic carbocycles. The molecule has 0 unspecified atom stereocenters. The lowest BCUT2D eigenvalue weighted by molar-refractivity contribution is 0.102. The van der Waals surface area contributed by atoms with Crippen molar-refractivity contribution in [1.29, 1.82) is 0 Å². The summed E-state index contributed by atoms with van der Waals surface area (Å²) < 4.78 is 45.1. The largest absolute Gasteiger partial charge is 0.495 e. The highest BCUT2D eigenvalue weighted by Gasteiger charge is 2.26. The number of ether oxygens (including phenoxy) is 3. The van der Waals surface area contributed by atoms with Crippen molar-refractivity contribution >= 4 is 21.6 Å². The molecule has 1 fully saturated rings. The smallest absolute Gasteiger partial charge is 0.255 e. The molecule has 1 amide bonds. The van der Waals surface area contributed by atoms with Crippen LogP contribution in [0.1, 0.15) is 36.0 Å². The van der Waals surface area contributed by atoms with Crippen molar-refractivity contribution in [3.63, 3.8) is 0 Å². The van der Waals surface area contributed by atoms with E-state index in [0.29, 0.717) is 22.9 Å². The zero-order valence-corrected chi connectivity index (χ0v) is 20.4. The summed E-state index contributed by atoms with van der Waals surface area (Å²) >= 11 is 0. The molecule has 0 saturated heterocycles. The molecule has 0 spiro atoms. The van der Waals surface area contributed by atoms with Gasteiger partial charge in [0.25, 0.3) is 5.91 Å². The fraction of sp³-hybridized carbons (Fsp3) is 0.269. The summed E-state index contributed by atoms with van der Waals surface area (Å²) in [6.07, 6.45) is 3.60. The predicted molar refractivity (Wildman–Crippen MR) is 133 cm³/mol. The average Bonchev–Trinajstić information content (AvgIpc) is 3.37. The second kappa shape index (κ2) is 10.8. The molecule has 0 bridgehead atoms. The minimum absolute atomic E-state index is 0.0555. The Morgan fingerprint density at radius 2 is 1.51 bits per heavy atom. The number of carbonyl (C=O) groups is 1. The van der Waals surface area contributed by atoms with E-state index < -0.39 is 15.9 Å². The zero-order chi connectivity index (χ0) is 24.8. The number of hydrogen-bond acceptors (Lipinski definition) is 6. The van der Waals surface area contributed by atoms with Crippen LogP contribution >= 0.6 is 0 Å². The minimum Gasteiger partial charge on any atom is -0.495 e. The van der Waals surface area contributed by atoms with Crippen molar-refractivity contribution in [3.8, 4) is 23.0 Å². The molecular weight excluding hydrogens is 468 g/mol. The van der Waals surface area contributed by atoms with Gasteiger partial charge in [-0.3, -0.25) is 4.79 Å². The number of benzene rings is 3. The van der Waals surface area contributed by atoms with Crippen LogP contribution in [0.4, 0.5) is 5.69 Å². The summed E-state index contributed by atoms with van der Waals surface area (Å²) in [5, 5.41) is 2.79. The van der Waals surface area contributed by atoms with Gasteiger partial charge < -0.3 is 19.5 Å². The summed E-state index contributed by atoms with van der Waals surface area (Å²) in [4.78, 5) is 12.8. The van der Waals surface area contributed by atoms with E-state index in [-0.39, 0.29) is 22.3 Å². The Hall–Kier alpha value is -3.56. The molecule has 3 aromatic carbocycles. The van der Waals surface area contributed by atoms with Gasteiger partial charge in [-0.1, -0.05) is 25.0 Å². The van der Waals surface area contributed by atoms with Gasteiger partial charge in [0.05, 0.1) is 14.2 Å². The third-order valence-electron chi connectivity index (χ3n) is 5.80. The molecule has 0 atom stereocenters. The van der Waals surface area contributed by atoms with E-state index in [0.717, 1.165) is 25.7 Å². The summed E-state index contributed by atoms with van der Waals surface area (Å²) in [5.41, 5.74) is 0.735. The maximum Gasteiger partial charge on any atom is 0.255 e. The first-order chi connectivity index (χ1) is 16.9. The van der Waals surface area contributed by atoms with Crippen molar-refractivity contribution in [3.05, 3.63) is 72.3 Å². The Balaban J connectivity index is 1.48. The van der Waals surface area contributed by atoms with Crippen LogP contribution in [0.15, 0.2) is 71.6 Å². The van der Waals surface area contributed by atoms with E-state index in [1.165, 1.54) is 25.3 Å². The van der Waals surface area contributed by atoms with Crippen LogP contribution in [0, 0.1) is 0 Å². The second-order valence-electron chi connectivity index (χ2n) is 8.20. The molecule has 0 heterocycles. The van der Waals surface area contributed by atoms with Gasteiger partial charge in [0, 0.05) is 17.3 Å². The number of hydrogen-bond donors (Lipinski definition) is 2. The number of carbonyl (C=O) groups excluding carboxylic acids is 1. The molecule has 0 aliphatic heterocycles. The minimum atomic E-state index is -3.84. The lowest BCUT2D eigenvalue weighted by Gasteiger charge is -2.16. The van der Waals surface area contributed by atoms with Gasteiger partial charge in [-0.2, -0.15) is 0 Å². The molecule has 8 nitrogen and oxygen atoms in total. The maximum absolute atomic E-state index is 13.0. The lowest BCUT2D eigenvalue weighted by atomic mass is 10.2. The number of anilines is 1. The third kappa shape index (κ3) is 5.93. The van der Waals surface area contributed by atoms with E-state index in [1.54, 1.807) is 43.5 Å². The first-order valence-electron chi connectivity index (χ1n) is 11.3. The Morgan fingerprint density at radius 3 is 2.17 bits per heavy atom. The van der Waals surface area contributed by atoms with Crippen molar-refractivity contribution in [2.45, 2.75) is 36.6 Å². The second-order valence-corrected chi connectivity index (χ2v) is 9.88. The molecule has 1 aliphatic rings. The fourth-order valence-electron chi connectivity index (χ4n) is 3.99. The first-order valence-corrected chi connectivity index (χ1v) is 12.8. The highest BCUT2D eigenvalue weighted by Crippen LogP contribution is 2.32. The monoisotopic (exact) mass is 496 g/mol. The molecule has 184 valence electrons. The number of sulfonamides is 1. The average molecular weight is 497 g/mol. The Labute approximate surface area is 205 Å². The molecule has 2 N–H and O–H groups in total. The van der Waals surface area contributed by atoms with Crippen LogP contribution in [0.25, 0.3) is 0 Å². The number of amides is 1. The molecule has 3 aromatic rings. The normalized spacial score (nSPS) is 13.9. The summed E-state index contributed by atoms with van der Waals surface area (Å²) in [6, 6.07) is 18.4. The van der Waals surface area contributed by atoms with Gasteiger partial charge in [0.15, 0.2) is 11.5 Å². The number of nitrogens with one attached hydrogen (secondary N) is 2. The molecule has 9 heteroatoms. The summed E-state index contributed by atoms with van der Waals surface area (Å²) in [5.74, 6) is 1.50. The van der Waals surface area contributed by atoms with E-state index >= 15 is 0 Å². The van der Waals surface area contributed by atoms with Crippen LogP contribution in [0.2, 0.25) is 0 Å². The molecule has 4 rings (SSSR count). The van der Waals surface area contributed by atoms with Gasteiger partial charge >= 0.3 is 0 Å². The zero-order valence-electron chi connectivity index (χ0n) is 19.6. The quantitative estimate of drug-likeness (QED) is 0.434.